The fourth-order valence-corrected chi connectivity index (χ4v) is 2.74. The first-order chi connectivity index (χ1) is 10.1. The van der Waals surface area contributed by atoms with Gasteiger partial charge in [0.15, 0.2) is 0 Å². The maximum absolute atomic E-state index is 13.9. The van der Waals surface area contributed by atoms with E-state index in [9.17, 15) is 9.18 Å². The van der Waals surface area contributed by atoms with E-state index in [-0.39, 0.29) is 29.7 Å². The van der Waals surface area contributed by atoms with Gasteiger partial charge < -0.3 is 15.0 Å². The molecule has 1 N–H and O–H groups in total. The van der Waals surface area contributed by atoms with E-state index in [1.165, 1.54) is 6.07 Å². The number of ether oxygens (including phenoxy) is 1. The summed E-state index contributed by atoms with van der Waals surface area (Å²) in [6.07, 6.45) is 0. The van der Waals surface area contributed by atoms with Gasteiger partial charge in [-0.3, -0.25) is 4.79 Å². The van der Waals surface area contributed by atoms with Crippen LogP contribution < -0.4 is 5.32 Å². The van der Waals surface area contributed by atoms with Gasteiger partial charge >= 0.3 is 0 Å². The molecule has 5 heteroatoms. The SMILES string of the molecule is CCNC1COCC1C(=O)N(C)C(C)c1ccccc1F. The van der Waals surface area contributed by atoms with Crippen LogP contribution in [0.2, 0.25) is 0 Å². The second-order valence-corrected chi connectivity index (χ2v) is 5.45. The number of likely N-dealkylation sites (N-methyl/N-ethyl adjacent to an activating group) is 1. The summed E-state index contributed by atoms with van der Waals surface area (Å²) >= 11 is 0. The lowest BCUT2D eigenvalue weighted by Crippen LogP contribution is -2.45. The van der Waals surface area contributed by atoms with Gasteiger partial charge in [-0.15, -0.1) is 0 Å². The van der Waals surface area contributed by atoms with Crippen LogP contribution in [0.1, 0.15) is 25.5 Å². The van der Waals surface area contributed by atoms with Gasteiger partial charge in [0.05, 0.1) is 25.2 Å². The molecule has 0 saturated carbocycles. The molecule has 3 atom stereocenters. The Morgan fingerprint density at radius 2 is 2.19 bits per heavy atom. The number of hydrogen-bond donors (Lipinski definition) is 1. The Balaban J connectivity index is 2.10. The summed E-state index contributed by atoms with van der Waals surface area (Å²) < 4.78 is 19.3. The van der Waals surface area contributed by atoms with Gasteiger partial charge in [-0.25, -0.2) is 4.39 Å². The van der Waals surface area contributed by atoms with Crippen molar-refractivity contribution in [3.8, 4) is 0 Å². The summed E-state index contributed by atoms with van der Waals surface area (Å²) in [7, 11) is 1.72. The van der Waals surface area contributed by atoms with E-state index in [0.717, 1.165) is 6.54 Å². The Hall–Kier alpha value is -1.46. The van der Waals surface area contributed by atoms with E-state index in [1.807, 2.05) is 13.8 Å². The standard InChI is InChI=1S/C16H23FN2O2/c1-4-18-15-10-21-9-13(15)16(20)19(3)11(2)12-7-5-6-8-14(12)17/h5-8,11,13,15,18H,4,9-10H2,1-3H3. The number of benzene rings is 1. The summed E-state index contributed by atoms with van der Waals surface area (Å²) in [4.78, 5) is 14.3. The number of carbonyl (C=O) groups is 1. The van der Waals surface area contributed by atoms with Crippen LogP contribution in [0.3, 0.4) is 0 Å². The molecule has 1 fully saturated rings. The molecule has 1 aromatic carbocycles. The van der Waals surface area contributed by atoms with Crippen LogP contribution in [0.4, 0.5) is 4.39 Å². The van der Waals surface area contributed by atoms with E-state index in [4.69, 9.17) is 4.74 Å². The Morgan fingerprint density at radius 3 is 2.86 bits per heavy atom. The highest BCUT2D eigenvalue weighted by atomic mass is 19.1. The molecule has 21 heavy (non-hydrogen) atoms. The number of amides is 1. The molecular weight excluding hydrogens is 271 g/mol. The van der Waals surface area contributed by atoms with E-state index in [1.54, 1.807) is 30.1 Å². The van der Waals surface area contributed by atoms with Crippen molar-refractivity contribution in [3.05, 3.63) is 35.6 Å². The van der Waals surface area contributed by atoms with Crippen LogP contribution in [0.5, 0.6) is 0 Å². The molecule has 4 nitrogen and oxygen atoms in total. The zero-order valence-corrected chi connectivity index (χ0v) is 12.8. The smallest absolute Gasteiger partial charge is 0.229 e. The topological polar surface area (TPSA) is 41.6 Å². The normalized spacial score (nSPS) is 23.0. The van der Waals surface area contributed by atoms with Gasteiger partial charge in [-0.1, -0.05) is 25.1 Å². The van der Waals surface area contributed by atoms with Gasteiger partial charge in [-0.05, 0) is 19.5 Å². The molecule has 1 saturated heterocycles. The first kappa shape index (κ1) is 15.9. The summed E-state index contributed by atoms with van der Waals surface area (Å²) in [5.74, 6) is -0.492. The lowest BCUT2D eigenvalue weighted by Gasteiger charge is -2.29. The van der Waals surface area contributed by atoms with Crippen molar-refractivity contribution in [3.63, 3.8) is 0 Å². The zero-order chi connectivity index (χ0) is 15.4. The van der Waals surface area contributed by atoms with Crippen LogP contribution >= 0.6 is 0 Å². The average Bonchev–Trinajstić information content (AvgIpc) is 2.94. The van der Waals surface area contributed by atoms with Crippen LogP contribution in [-0.4, -0.2) is 43.7 Å². The first-order valence-corrected chi connectivity index (χ1v) is 7.38. The van der Waals surface area contributed by atoms with Gasteiger partial charge in [-0.2, -0.15) is 0 Å². The van der Waals surface area contributed by atoms with Gasteiger partial charge in [0.1, 0.15) is 5.82 Å². The molecule has 1 heterocycles. The molecule has 1 aliphatic rings. The molecule has 2 rings (SSSR count). The minimum atomic E-state index is -0.304. The summed E-state index contributed by atoms with van der Waals surface area (Å²) in [5.41, 5.74) is 0.535. The molecule has 3 unspecified atom stereocenters. The number of carbonyl (C=O) groups excluding carboxylic acids is 1. The van der Waals surface area contributed by atoms with Crippen molar-refractivity contribution in [1.29, 1.82) is 0 Å². The predicted molar refractivity (Wildman–Crippen MR) is 79.4 cm³/mol. The monoisotopic (exact) mass is 294 g/mol. The maximum Gasteiger partial charge on any atom is 0.229 e. The Kier molecular flexibility index (Phi) is 5.31. The predicted octanol–water partition coefficient (Wildman–Crippen LogP) is 1.97. The van der Waals surface area contributed by atoms with Crippen LogP contribution in [0.15, 0.2) is 24.3 Å². The highest BCUT2D eigenvalue weighted by molar-refractivity contribution is 5.80. The van der Waals surface area contributed by atoms with Crippen molar-refractivity contribution in [2.24, 2.45) is 5.92 Å². The van der Waals surface area contributed by atoms with Crippen molar-refractivity contribution >= 4 is 5.91 Å². The first-order valence-electron chi connectivity index (χ1n) is 7.38. The molecule has 1 aromatic rings. The number of nitrogens with zero attached hydrogens (tertiary/aromatic N) is 1. The van der Waals surface area contributed by atoms with Crippen LogP contribution in [0.25, 0.3) is 0 Å². The second kappa shape index (κ2) is 7.00. The fraction of sp³-hybridized carbons (Fsp3) is 0.562. The largest absolute Gasteiger partial charge is 0.379 e. The average molecular weight is 294 g/mol. The summed E-state index contributed by atoms with van der Waals surface area (Å²) in [5, 5.41) is 3.27. The minimum absolute atomic E-state index is 0.00537. The fourth-order valence-electron chi connectivity index (χ4n) is 2.74. The van der Waals surface area contributed by atoms with E-state index >= 15 is 0 Å². The summed E-state index contributed by atoms with van der Waals surface area (Å²) in [6.45, 7) is 5.61. The molecule has 1 aliphatic heterocycles. The number of halogens is 1. The van der Waals surface area contributed by atoms with Crippen LogP contribution in [-0.2, 0) is 9.53 Å². The van der Waals surface area contributed by atoms with Crippen molar-refractivity contribution in [2.45, 2.75) is 25.9 Å². The van der Waals surface area contributed by atoms with Gasteiger partial charge in [0.25, 0.3) is 0 Å². The second-order valence-electron chi connectivity index (χ2n) is 5.45. The lowest BCUT2D eigenvalue weighted by atomic mass is 9.99. The zero-order valence-electron chi connectivity index (χ0n) is 12.8. The van der Waals surface area contributed by atoms with Crippen molar-refractivity contribution in [2.75, 3.05) is 26.8 Å². The molecule has 0 aromatic heterocycles. The quantitative estimate of drug-likeness (QED) is 0.903. The lowest BCUT2D eigenvalue weighted by molar-refractivity contribution is -0.136. The van der Waals surface area contributed by atoms with Gasteiger partial charge in [0, 0.05) is 18.7 Å². The number of nitrogens with one attached hydrogen (secondary N) is 1. The highest BCUT2D eigenvalue weighted by Crippen LogP contribution is 2.25. The third kappa shape index (κ3) is 3.41. The third-order valence-electron chi connectivity index (χ3n) is 4.15. The van der Waals surface area contributed by atoms with Crippen LogP contribution in [0, 0.1) is 11.7 Å². The van der Waals surface area contributed by atoms with E-state index in [0.29, 0.717) is 18.8 Å². The van der Waals surface area contributed by atoms with E-state index < -0.39 is 0 Å². The van der Waals surface area contributed by atoms with E-state index in [2.05, 4.69) is 5.32 Å². The maximum atomic E-state index is 13.9. The molecule has 0 radical (unpaired) electrons. The Bertz CT molecular complexity index is 495. The highest BCUT2D eigenvalue weighted by Gasteiger charge is 2.36. The molecule has 0 aliphatic carbocycles. The molecule has 116 valence electrons. The van der Waals surface area contributed by atoms with Crippen molar-refractivity contribution < 1.29 is 13.9 Å². The van der Waals surface area contributed by atoms with Crippen molar-refractivity contribution in [1.82, 2.24) is 10.2 Å². The molecule has 0 bridgehead atoms. The van der Waals surface area contributed by atoms with Gasteiger partial charge in [0.2, 0.25) is 5.91 Å². The Labute approximate surface area is 125 Å². The minimum Gasteiger partial charge on any atom is -0.379 e. The third-order valence-corrected chi connectivity index (χ3v) is 4.15. The summed E-state index contributed by atoms with van der Waals surface area (Å²) in [6, 6.07) is 6.31. The molecular formula is C16H23FN2O2. The molecule has 1 amide bonds. The number of rotatable bonds is 5. The number of hydrogen-bond acceptors (Lipinski definition) is 3. The Morgan fingerprint density at radius 1 is 1.48 bits per heavy atom. The molecule has 0 spiro atoms.